The van der Waals surface area contributed by atoms with Gasteiger partial charge in [-0.3, -0.25) is 9.10 Å². The summed E-state index contributed by atoms with van der Waals surface area (Å²) < 4.78 is 39.4. The smallest absolute Gasteiger partial charge is 0.265 e. The summed E-state index contributed by atoms with van der Waals surface area (Å²) >= 11 is 0. The van der Waals surface area contributed by atoms with Gasteiger partial charge in [-0.2, -0.15) is 0 Å². The van der Waals surface area contributed by atoms with Crippen molar-refractivity contribution in [3.8, 4) is 5.75 Å². The molecule has 1 saturated heterocycles. The van der Waals surface area contributed by atoms with Gasteiger partial charge in [0.05, 0.1) is 30.3 Å². The van der Waals surface area contributed by atoms with Gasteiger partial charge in [-0.05, 0) is 43.7 Å². The van der Waals surface area contributed by atoms with E-state index in [4.69, 9.17) is 9.47 Å². The Morgan fingerprint density at radius 1 is 1.00 bits per heavy atom. The van der Waals surface area contributed by atoms with Crippen LogP contribution >= 0.6 is 0 Å². The van der Waals surface area contributed by atoms with Gasteiger partial charge in [-0.15, -0.1) is 0 Å². The van der Waals surface area contributed by atoms with E-state index in [0.717, 1.165) is 11.1 Å². The highest BCUT2D eigenvalue weighted by Gasteiger charge is 2.39. The van der Waals surface area contributed by atoms with E-state index in [2.05, 4.69) is 0 Å². The predicted molar refractivity (Wildman–Crippen MR) is 109 cm³/mol. The summed E-state index contributed by atoms with van der Waals surface area (Å²) in [6.45, 7) is 5.62. The number of anilines is 1. The summed E-state index contributed by atoms with van der Waals surface area (Å²) in [6.07, 6.45) is -0.900. The number of sulfonamides is 1. The Morgan fingerprint density at radius 3 is 2.34 bits per heavy atom. The third-order valence-electron chi connectivity index (χ3n) is 5.19. The molecule has 8 heteroatoms. The number of amides is 1. The molecule has 0 unspecified atom stereocenters. The van der Waals surface area contributed by atoms with Gasteiger partial charge in [0, 0.05) is 13.1 Å². The molecule has 7 nitrogen and oxygen atoms in total. The number of hydrogen-bond donors (Lipinski definition) is 0. The average molecular weight is 416 g/mol. The first kappa shape index (κ1) is 19.7. The summed E-state index contributed by atoms with van der Waals surface area (Å²) in [7, 11) is -3.85. The van der Waals surface area contributed by atoms with E-state index in [0.29, 0.717) is 37.7 Å². The molecular weight excluding hydrogens is 392 g/mol. The highest BCUT2D eigenvalue weighted by Crippen LogP contribution is 2.38. The number of ether oxygens (including phenoxy) is 2. The average Bonchev–Trinajstić information content (AvgIpc) is 2.73. The highest BCUT2D eigenvalue weighted by molar-refractivity contribution is 7.92. The number of morpholine rings is 1. The van der Waals surface area contributed by atoms with Crippen LogP contribution in [0.2, 0.25) is 0 Å². The summed E-state index contributed by atoms with van der Waals surface area (Å²) in [5.74, 6) is 0.174. The molecule has 1 amide bonds. The number of hydrogen-bond acceptors (Lipinski definition) is 5. The molecule has 0 spiro atoms. The summed E-state index contributed by atoms with van der Waals surface area (Å²) in [4.78, 5) is 14.9. The quantitative estimate of drug-likeness (QED) is 0.766. The standard InChI is InChI=1S/C21H24N2O5S/c1-15-3-6-17(7-4-15)29(25,26)23-14-20(21(24)22-9-11-27-12-10-22)28-19-8-5-16(2)13-18(19)23/h3-8,13,20H,9-12,14H2,1-2H3/t20-/m0/s1. The van der Waals surface area contributed by atoms with Crippen molar-refractivity contribution in [1.82, 2.24) is 4.90 Å². The zero-order valence-corrected chi connectivity index (χ0v) is 17.3. The first-order valence-electron chi connectivity index (χ1n) is 9.59. The number of fused-ring (bicyclic) bond motifs is 1. The maximum Gasteiger partial charge on any atom is 0.265 e. The van der Waals surface area contributed by atoms with E-state index >= 15 is 0 Å². The van der Waals surface area contributed by atoms with E-state index in [1.807, 2.05) is 19.9 Å². The van der Waals surface area contributed by atoms with Gasteiger partial charge in [0.1, 0.15) is 5.75 Å². The molecule has 0 bridgehead atoms. The van der Waals surface area contributed by atoms with Crippen molar-refractivity contribution in [1.29, 1.82) is 0 Å². The lowest BCUT2D eigenvalue weighted by Crippen LogP contribution is -2.54. The third kappa shape index (κ3) is 3.82. The van der Waals surface area contributed by atoms with Gasteiger partial charge < -0.3 is 14.4 Å². The van der Waals surface area contributed by atoms with Gasteiger partial charge in [0.2, 0.25) is 0 Å². The van der Waals surface area contributed by atoms with Crippen molar-refractivity contribution in [2.75, 3.05) is 37.2 Å². The van der Waals surface area contributed by atoms with E-state index in [1.54, 1.807) is 41.3 Å². The maximum absolute atomic E-state index is 13.4. The highest BCUT2D eigenvalue weighted by atomic mass is 32.2. The second-order valence-electron chi connectivity index (χ2n) is 7.36. The zero-order valence-electron chi connectivity index (χ0n) is 16.5. The van der Waals surface area contributed by atoms with Crippen LogP contribution in [0.4, 0.5) is 5.69 Å². The predicted octanol–water partition coefficient (Wildman–Crippen LogP) is 2.12. The fourth-order valence-corrected chi connectivity index (χ4v) is 5.01. The van der Waals surface area contributed by atoms with Crippen LogP contribution in [0.5, 0.6) is 5.75 Å². The Morgan fingerprint density at radius 2 is 1.66 bits per heavy atom. The minimum absolute atomic E-state index is 0.0666. The first-order chi connectivity index (χ1) is 13.9. The van der Waals surface area contributed by atoms with Gasteiger partial charge in [0.25, 0.3) is 15.9 Å². The van der Waals surface area contributed by atoms with Crippen molar-refractivity contribution in [2.24, 2.45) is 0 Å². The van der Waals surface area contributed by atoms with E-state index in [1.165, 1.54) is 4.31 Å². The minimum Gasteiger partial charge on any atom is -0.476 e. The van der Waals surface area contributed by atoms with Crippen molar-refractivity contribution in [2.45, 2.75) is 24.8 Å². The van der Waals surface area contributed by atoms with E-state index < -0.39 is 16.1 Å². The third-order valence-corrected chi connectivity index (χ3v) is 6.99. The monoisotopic (exact) mass is 416 g/mol. The molecule has 2 heterocycles. The number of carbonyl (C=O) groups excluding carboxylic acids is 1. The topological polar surface area (TPSA) is 76.2 Å². The van der Waals surface area contributed by atoms with Crippen molar-refractivity contribution >= 4 is 21.6 Å². The number of rotatable bonds is 3. The molecule has 0 saturated carbocycles. The molecule has 2 aromatic carbocycles. The lowest BCUT2D eigenvalue weighted by molar-refractivity contribution is -0.142. The van der Waals surface area contributed by atoms with Crippen molar-refractivity contribution in [3.63, 3.8) is 0 Å². The molecule has 2 aromatic rings. The largest absolute Gasteiger partial charge is 0.476 e. The normalized spacial score (nSPS) is 19.4. The lowest BCUT2D eigenvalue weighted by atomic mass is 10.1. The second-order valence-corrected chi connectivity index (χ2v) is 9.23. The van der Waals surface area contributed by atoms with Crippen LogP contribution in [0.25, 0.3) is 0 Å². The van der Waals surface area contributed by atoms with Crippen molar-refractivity contribution < 1.29 is 22.7 Å². The Hall–Kier alpha value is -2.58. The molecule has 1 atom stereocenters. The van der Waals surface area contributed by atoms with Gasteiger partial charge >= 0.3 is 0 Å². The minimum atomic E-state index is -3.85. The second kappa shape index (κ2) is 7.68. The number of nitrogens with zero attached hydrogens (tertiary/aromatic N) is 2. The zero-order chi connectivity index (χ0) is 20.6. The Kier molecular flexibility index (Phi) is 5.23. The fourth-order valence-electron chi connectivity index (χ4n) is 3.54. The van der Waals surface area contributed by atoms with Gasteiger partial charge in [0.15, 0.2) is 6.10 Å². The number of aryl methyl sites for hydroxylation is 2. The molecular formula is C21H24N2O5S. The molecule has 4 rings (SSSR count). The van der Waals surface area contributed by atoms with Crippen LogP contribution < -0.4 is 9.04 Å². The fraction of sp³-hybridized carbons (Fsp3) is 0.381. The van der Waals surface area contributed by atoms with Crippen LogP contribution in [0, 0.1) is 13.8 Å². The van der Waals surface area contributed by atoms with E-state index in [-0.39, 0.29) is 17.3 Å². The molecule has 0 aliphatic carbocycles. The van der Waals surface area contributed by atoms with Crippen molar-refractivity contribution in [3.05, 3.63) is 53.6 Å². The van der Waals surface area contributed by atoms with Gasteiger partial charge in [-0.1, -0.05) is 23.8 Å². The lowest BCUT2D eigenvalue weighted by Gasteiger charge is -2.37. The molecule has 2 aliphatic rings. The SMILES string of the molecule is Cc1ccc(S(=O)(=O)N2C[C@@H](C(=O)N3CCOCC3)Oc3ccc(C)cc32)cc1. The molecule has 0 N–H and O–H groups in total. The molecule has 0 radical (unpaired) electrons. The van der Waals surface area contributed by atoms with Crippen LogP contribution in [0.3, 0.4) is 0 Å². The van der Waals surface area contributed by atoms with Gasteiger partial charge in [-0.25, -0.2) is 8.42 Å². The maximum atomic E-state index is 13.4. The van der Waals surface area contributed by atoms with Crippen LogP contribution in [0.1, 0.15) is 11.1 Å². The number of benzene rings is 2. The Balaban J connectivity index is 1.72. The number of carbonyl (C=O) groups is 1. The molecule has 154 valence electrons. The summed E-state index contributed by atoms with van der Waals surface area (Å²) in [5, 5.41) is 0. The Labute approximate surface area is 170 Å². The Bertz CT molecular complexity index is 1010. The van der Waals surface area contributed by atoms with Crippen LogP contribution in [-0.4, -0.2) is 58.2 Å². The first-order valence-corrected chi connectivity index (χ1v) is 11.0. The molecule has 0 aromatic heterocycles. The van der Waals surface area contributed by atoms with Crippen LogP contribution in [0.15, 0.2) is 47.4 Å². The van der Waals surface area contributed by atoms with E-state index in [9.17, 15) is 13.2 Å². The van der Waals surface area contributed by atoms with Crippen LogP contribution in [-0.2, 0) is 19.6 Å². The molecule has 2 aliphatic heterocycles. The molecule has 1 fully saturated rings. The summed E-state index contributed by atoms with van der Waals surface area (Å²) in [5.41, 5.74) is 2.34. The molecule has 29 heavy (non-hydrogen) atoms. The summed E-state index contributed by atoms with van der Waals surface area (Å²) in [6, 6.07) is 12.1.